The van der Waals surface area contributed by atoms with Crippen LogP contribution in [0.5, 0.6) is 0 Å². The highest BCUT2D eigenvalue weighted by molar-refractivity contribution is 7.99. The summed E-state index contributed by atoms with van der Waals surface area (Å²) in [5, 5.41) is 2.89. The van der Waals surface area contributed by atoms with Crippen molar-refractivity contribution in [1.29, 1.82) is 0 Å². The maximum absolute atomic E-state index is 10.7. The Bertz CT molecular complexity index is 487. The second-order valence-electron chi connectivity index (χ2n) is 2.83. The van der Waals surface area contributed by atoms with Crippen LogP contribution >= 0.6 is 35.7 Å². The van der Waals surface area contributed by atoms with E-state index in [4.69, 9.17) is 0 Å². The topological polar surface area (TPSA) is 17.1 Å². The number of carbonyl (C=O) groups excluding carboxylic acids is 1. The molecule has 0 saturated heterocycles. The van der Waals surface area contributed by atoms with E-state index in [2.05, 4.69) is 18.7 Å². The number of carbonyl (C=O) groups is 1. The van der Waals surface area contributed by atoms with Crippen molar-refractivity contribution < 1.29 is 4.79 Å². The van der Waals surface area contributed by atoms with Crippen LogP contribution in [0, 0.1) is 0 Å². The Balaban J connectivity index is 2.75. The van der Waals surface area contributed by atoms with Crippen molar-refractivity contribution in [3.63, 3.8) is 0 Å². The molecule has 0 unspecified atom stereocenters. The van der Waals surface area contributed by atoms with Gasteiger partial charge in [-0.3, -0.25) is 4.79 Å². The quantitative estimate of drug-likeness (QED) is 0.489. The van der Waals surface area contributed by atoms with Crippen LogP contribution in [0.4, 0.5) is 0 Å². The van der Waals surface area contributed by atoms with Crippen LogP contribution < -0.4 is 0 Å². The summed E-state index contributed by atoms with van der Waals surface area (Å²) in [5.41, 5.74) is 0.757. The number of benzene rings is 1. The predicted octanol–water partition coefficient (Wildman–Crippen LogP) is 3.72. The van der Waals surface area contributed by atoms with E-state index in [1.807, 2.05) is 17.7 Å². The van der Waals surface area contributed by atoms with E-state index in [0.717, 1.165) is 31.7 Å². The summed E-state index contributed by atoms with van der Waals surface area (Å²) in [4.78, 5) is 12.8. The van der Waals surface area contributed by atoms with E-state index in [-0.39, 0.29) is 0 Å². The number of aldehydes is 1. The molecule has 1 aromatic carbocycles. The average Bonchev–Trinajstić information content (AvgIpc) is 2.58. The monoisotopic (exact) mass is 240 g/mol. The van der Waals surface area contributed by atoms with Gasteiger partial charge in [-0.2, -0.15) is 0 Å². The van der Waals surface area contributed by atoms with E-state index in [9.17, 15) is 4.79 Å². The Morgan fingerprint density at radius 3 is 2.93 bits per heavy atom. The number of rotatable bonds is 2. The van der Waals surface area contributed by atoms with Gasteiger partial charge in [-0.15, -0.1) is 35.7 Å². The molecule has 0 amide bonds. The molecule has 0 saturated carbocycles. The molecule has 1 heterocycles. The van der Waals surface area contributed by atoms with Crippen molar-refractivity contribution in [2.75, 3.05) is 6.26 Å². The SMILES string of the molecule is CSc1cc2scc(C=O)c2cc1S. The third-order valence-corrected chi connectivity index (χ3v) is 4.29. The number of thiophene rings is 1. The Hall–Kier alpha value is -0.450. The van der Waals surface area contributed by atoms with Crippen LogP contribution in [-0.4, -0.2) is 12.5 Å². The van der Waals surface area contributed by atoms with Gasteiger partial charge in [-0.25, -0.2) is 0 Å². The molecule has 2 aromatic rings. The summed E-state index contributed by atoms with van der Waals surface area (Å²) in [6, 6.07) is 4.05. The van der Waals surface area contributed by atoms with Crippen molar-refractivity contribution in [3.8, 4) is 0 Å². The lowest BCUT2D eigenvalue weighted by atomic mass is 10.2. The molecule has 1 aromatic heterocycles. The standard InChI is InChI=1S/C10H8OS3/c1-13-10-3-9-7(2-8(10)12)6(4-11)5-14-9/h2-5,12H,1H3. The van der Waals surface area contributed by atoms with Crippen LogP contribution in [0.25, 0.3) is 10.1 Å². The second kappa shape index (κ2) is 3.96. The highest BCUT2D eigenvalue weighted by atomic mass is 32.2. The van der Waals surface area contributed by atoms with Crippen molar-refractivity contribution >= 4 is 52.1 Å². The molecule has 0 N–H and O–H groups in total. The zero-order valence-electron chi connectivity index (χ0n) is 7.48. The molecule has 0 aliphatic carbocycles. The van der Waals surface area contributed by atoms with Crippen LogP contribution in [-0.2, 0) is 0 Å². The Morgan fingerprint density at radius 1 is 1.50 bits per heavy atom. The van der Waals surface area contributed by atoms with Gasteiger partial charge in [-0.1, -0.05) is 0 Å². The minimum Gasteiger partial charge on any atom is -0.298 e. The Morgan fingerprint density at radius 2 is 2.29 bits per heavy atom. The van der Waals surface area contributed by atoms with Gasteiger partial charge < -0.3 is 0 Å². The molecule has 0 aliphatic heterocycles. The molecule has 0 spiro atoms. The van der Waals surface area contributed by atoms with Gasteiger partial charge in [-0.05, 0) is 18.4 Å². The van der Waals surface area contributed by atoms with E-state index >= 15 is 0 Å². The third-order valence-electron chi connectivity index (χ3n) is 2.03. The first-order chi connectivity index (χ1) is 6.76. The van der Waals surface area contributed by atoms with Gasteiger partial charge >= 0.3 is 0 Å². The van der Waals surface area contributed by atoms with Gasteiger partial charge in [0.15, 0.2) is 6.29 Å². The summed E-state index contributed by atoms with van der Waals surface area (Å²) in [7, 11) is 0. The molecule has 2 rings (SSSR count). The third kappa shape index (κ3) is 1.58. The van der Waals surface area contributed by atoms with Crippen molar-refractivity contribution in [2.24, 2.45) is 0 Å². The zero-order chi connectivity index (χ0) is 10.1. The molecule has 0 fully saturated rings. The summed E-state index contributed by atoms with van der Waals surface area (Å²) in [5.74, 6) is 0. The lowest BCUT2D eigenvalue weighted by molar-refractivity contribution is 0.112. The second-order valence-corrected chi connectivity index (χ2v) is 5.07. The lowest BCUT2D eigenvalue weighted by Crippen LogP contribution is -1.78. The van der Waals surface area contributed by atoms with Gasteiger partial charge in [0.05, 0.1) is 0 Å². The number of thiol groups is 1. The van der Waals surface area contributed by atoms with E-state index in [1.54, 1.807) is 23.1 Å². The molecular formula is C10H8OS3. The van der Waals surface area contributed by atoms with Gasteiger partial charge in [0.25, 0.3) is 0 Å². The Labute approximate surface area is 95.9 Å². The molecule has 4 heteroatoms. The van der Waals surface area contributed by atoms with Crippen molar-refractivity contribution in [2.45, 2.75) is 9.79 Å². The number of thioether (sulfide) groups is 1. The first-order valence-corrected chi connectivity index (χ1v) is 6.55. The lowest BCUT2D eigenvalue weighted by Gasteiger charge is -2.01. The van der Waals surface area contributed by atoms with Crippen LogP contribution in [0.15, 0.2) is 27.3 Å². The maximum Gasteiger partial charge on any atom is 0.151 e. The normalized spacial score (nSPS) is 10.7. The largest absolute Gasteiger partial charge is 0.298 e. The molecule has 1 nitrogen and oxygen atoms in total. The molecule has 0 radical (unpaired) electrons. The summed E-state index contributed by atoms with van der Waals surface area (Å²) >= 11 is 7.65. The van der Waals surface area contributed by atoms with Crippen LogP contribution in [0.1, 0.15) is 10.4 Å². The predicted molar refractivity (Wildman–Crippen MR) is 66.2 cm³/mol. The number of hydrogen-bond acceptors (Lipinski definition) is 4. The number of fused-ring (bicyclic) bond motifs is 1. The molecular weight excluding hydrogens is 232 g/mol. The minimum atomic E-state index is 0.757. The van der Waals surface area contributed by atoms with Gasteiger partial charge in [0.1, 0.15) is 0 Å². The average molecular weight is 240 g/mol. The van der Waals surface area contributed by atoms with Crippen LogP contribution in [0.2, 0.25) is 0 Å². The summed E-state index contributed by atoms with van der Waals surface area (Å²) < 4.78 is 1.15. The van der Waals surface area contributed by atoms with E-state index in [0.29, 0.717) is 0 Å². The smallest absolute Gasteiger partial charge is 0.151 e. The first kappa shape index (κ1) is 10.1. The van der Waals surface area contributed by atoms with Crippen LogP contribution in [0.3, 0.4) is 0 Å². The van der Waals surface area contributed by atoms with E-state index < -0.39 is 0 Å². The Kier molecular flexibility index (Phi) is 2.85. The van der Waals surface area contributed by atoms with Gasteiger partial charge in [0.2, 0.25) is 0 Å². The molecule has 72 valence electrons. The fourth-order valence-electron chi connectivity index (χ4n) is 1.32. The van der Waals surface area contributed by atoms with Gasteiger partial charge in [0, 0.05) is 30.8 Å². The summed E-state index contributed by atoms with van der Waals surface area (Å²) in [6.07, 6.45) is 2.92. The molecule has 0 aliphatic rings. The molecule has 14 heavy (non-hydrogen) atoms. The first-order valence-electron chi connectivity index (χ1n) is 3.99. The zero-order valence-corrected chi connectivity index (χ0v) is 10.0. The highest BCUT2D eigenvalue weighted by Gasteiger charge is 2.06. The van der Waals surface area contributed by atoms with E-state index in [1.165, 1.54) is 0 Å². The fourth-order valence-corrected chi connectivity index (χ4v) is 3.29. The highest BCUT2D eigenvalue weighted by Crippen LogP contribution is 2.33. The molecule has 0 bridgehead atoms. The van der Waals surface area contributed by atoms with Crippen molar-refractivity contribution in [1.82, 2.24) is 0 Å². The van der Waals surface area contributed by atoms with Crippen molar-refractivity contribution in [3.05, 3.63) is 23.1 Å². The minimum absolute atomic E-state index is 0.757. The summed E-state index contributed by atoms with van der Waals surface area (Å²) in [6.45, 7) is 0. The fraction of sp³-hybridized carbons (Fsp3) is 0.100. The molecule has 0 atom stereocenters. The number of hydrogen-bond donors (Lipinski definition) is 1. The maximum atomic E-state index is 10.7.